The van der Waals surface area contributed by atoms with Crippen LogP contribution < -0.4 is 16.8 Å². The number of amides is 1. The second-order valence-electron chi connectivity index (χ2n) is 3.60. The first-order chi connectivity index (χ1) is 8.66. The Bertz CT molecular complexity index is 557. The number of hydrogen-bond donors (Lipinski definition) is 3. The molecule has 0 aliphatic rings. The van der Waals surface area contributed by atoms with Crippen LogP contribution in [0.2, 0.25) is 0 Å². The van der Waals surface area contributed by atoms with E-state index in [-0.39, 0.29) is 5.56 Å². The van der Waals surface area contributed by atoms with Gasteiger partial charge in [-0.1, -0.05) is 0 Å². The van der Waals surface area contributed by atoms with E-state index in [9.17, 15) is 4.79 Å². The molecule has 0 radical (unpaired) electrons. The Balaban J connectivity index is 2.17. The lowest BCUT2D eigenvalue weighted by molar-refractivity contribution is 0.100. The van der Waals surface area contributed by atoms with Crippen molar-refractivity contribution in [2.24, 2.45) is 5.73 Å². The fraction of sp³-hybridized carbons (Fsp3) is 0.0909. The minimum absolute atomic E-state index is 0.249. The number of pyridine rings is 1. The quantitative estimate of drug-likeness (QED) is 0.704. The summed E-state index contributed by atoms with van der Waals surface area (Å²) in [4.78, 5) is 15.3. The number of hydrogen-bond acceptors (Lipinski definition) is 6. The summed E-state index contributed by atoms with van der Waals surface area (Å²) >= 11 is 0. The molecule has 0 atom stereocenters. The van der Waals surface area contributed by atoms with Gasteiger partial charge in [0, 0.05) is 6.20 Å². The van der Waals surface area contributed by atoms with Gasteiger partial charge in [0.05, 0.1) is 29.7 Å². The molecular weight excluding hydrogens is 232 g/mol. The lowest BCUT2D eigenvalue weighted by Crippen LogP contribution is -2.16. The zero-order valence-corrected chi connectivity index (χ0v) is 9.50. The number of aromatic nitrogens is 3. The zero-order chi connectivity index (χ0) is 13.0. The van der Waals surface area contributed by atoms with E-state index in [2.05, 4.69) is 20.5 Å². The second kappa shape index (κ2) is 5.09. The van der Waals surface area contributed by atoms with Gasteiger partial charge in [0.2, 0.25) is 0 Å². The molecule has 2 aromatic rings. The van der Waals surface area contributed by atoms with Crippen molar-refractivity contribution in [3.05, 3.63) is 41.9 Å². The van der Waals surface area contributed by atoms with E-state index in [1.54, 1.807) is 18.3 Å². The number of nitrogen functional groups attached to an aromatic ring is 1. The van der Waals surface area contributed by atoms with Crippen LogP contribution in [0.4, 0.5) is 11.5 Å². The Morgan fingerprint density at radius 3 is 2.94 bits per heavy atom. The minimum Gasteiger partial charge on any atom is -0.397 e. The number of nitrogens with zero attached hydrogens (tertiary/aromatic N) is 3. The molecule has 2 aromatic heterocycles. The van der Waals surface area contributed by atoms with Crippen molar-refractivity contribution in [3.8, 4) is 0 Å². The maximum Gasteiger partial charge on any atom is 0.252 e. The van der Waals surface area contributed by atoms with Crippen molar-refractivity contribution in [1.82, 2.24) is 15.2 Å². The van der Waals surface area contributed by atoms with E-state index in [0.29, 0.717) is 18.1 Å². The smallest absolute Gasteiger partial charge is 0.252 e. The predicted octanol–water partition coefficient (Wildman–Crippen LogP) is 0.165. The minimum atomic E-state index is -0.587. The molecular formula is C11H12N6O. The second-order valence-corrected chi connectivity index (χ2v) is 3.60. The van der Waals surface area contributed by atoms with Crippen LogP contribution in [0.25, 0.3) is 0 Å². The summed E-state index contributed by atoms with van der Waals surface area (Å²) in [6.45, 7) is 0.394. The van der Waals surface area contributed by atoms with Gasteiger partial charge in [-0.2, -0.15) is 10.2 Å². The van der Waals surface area contributed by atoms with Crippen LogP contribution in [-0.4, -0.2) is 21.1 Å². The van der Waals surface area contributed by atoms with Gasteiger partial charge in [0.1, 0.15) is 5.82 Å². The number of carbonyl (C=O) groups excluding carboxylic acids is 1. The lowest BCUT2D eigenvalue weighted by atomic mass is 10.2. The van der Waals surface area contributed by atoms with Crippen LogP contribution >= 0.6 is 0 Å². The molecule has 0 aliphatic heterocycles. The van der Waals surface area contributed by atoms with E-state index < -0.39 is 5.91 Å². The summed E-state index contributed by atoms with van der Waals surface area (Å²) in [5.41, 5.74) is 12.2. The summed E-state index contributed by atoms with van der Waals surface area (Å²) in [5.74, 6) is -0.209. The van der Waals surface area contributed by atoms with Crippen LogP contribution in [0.5, 0.6) is 0 Å². The number of nitrogens with one attached hydrogen (secondary N) is 1. The molecule has 2 heterocycles. The Labute approximate surface area is 103 Å². The lowest BCUT2D eigenvalue weighted by Gasteiger charge is -2.08. The fourth-order valence-corrected chi connectivity index (χ4v) is 1.41. The Kier molecular flexibility index (Phi) is 3.33. The highest BCUT2D eigenvalue weighted by atomic mass is 16.1. The van der Waals surface area contributed by atoms with Crippen LogP contribution in [0.3, 0.4) is 0 Å². The van der Waals surface area contributed by atoms with E-state index >= 15 is 0 Å². The molecule has 0 fully saturated rings. The Morgan fingerprint density at radius 2 is 2.28 bits per heavy atom. The third kappa shape index (κ3) is 2.70. The molecule has 7 nitrogen and oxygen atoms in total. The van der Waals surface area contributed by atoms with Crippen molar-refractivity contribution < 1.29 is 4.79 Å². The largest absolute Gasteiger partial charge is 0.397 e. The number of primary amides is 1. The molecule has 0 unspecified atom stereocenters. The van der Waals surface area contributed by atoms with Gasteiger partial charge in [-0.3, -0.25) is 4.79 Å². The molecule has 0 aliphatic carbocycles. The highest BCUT2D eigenvalue weighted by Gasteiger charge is 2.10. The van der Waals surface area contributed by atoms with Crippen LogP contribution in [0.1, 0.15) is 16.1 Å². The molecule has 18 heavy (non-hydrogen) atoms. The Morgan fingerprint density at radius 1 is 1.44 bits per heavy atom. The molecule has 5 N–H and O–H groups in total. The maximum atomic E-state index is 11.2. The zero-order valence-electron chi connectivity index (χ0n) is 9.50. The number of nitrogens with two attached hydrogens (primary N) is 2. The molecule has 92 valence electrons. The summed E-state index contributed by atoms with van der Waals surface area (Å²) in [6.07, 6.45) is 3.03. The monoisotopic (exact) mass is 244 g/mol. The average Bonchev–Trinajstić information content (AvgIpc) is 2.38. The summed E-state index contributed by atoms with van der Waals surface area (Å²) in [5, 5.41) is 10.6. The fourth-order valence-electron chi connectivity index (χ4n) is 1.41. The van der Waals surface area contributed by atoms with Crippen LogP contribution in [0, 0.1) is 0 Å². The number of anilines is 2. The molecule has 1 amide bonds. The van der Waals surface area contributed by atoms with Crippen LogP contribution in [-0.2, 0) is 6.54 Å². The summed E-state index contributed by atoms with van der Waals surface area (Å²) in [7, 11) is 0. The molecule has 0 spiro atoms. The van der Waals surface area contributed by atoms with Gasteiger partial charge in [0.25, 0.3) is 5.91 Å². The van der Waals surface area contributed by atoms with E-state index in [0.717, 1.165) is 5.69 Å². The average molecular weight is 244 g/mol. The predicted molar refractivity (Wildman–Crippen MR) is 66.5 cm³/mol. The highest BCUT2D eigenvalue weighted by molar-refractivity contribution is 5.98. The molecule has 0 aromatic carbocycles. The topological polar surface area (TPSA) is 120 Å². The van der Waals surface area contributed by atoms with Gasteiger partial charge in [-0.25, -0.2) is 4.98 Å². The molecule has 0 saturated heterocycles. The van der Waals surface area contributed by atoms with Crippen molar-refractivity contribution >= 4 is 17.4 Å². The molecule has 7 heteroatoms. The molecule has 0 saturated carbocycles. The normalized spacial score (nSPS) is 10.0. The number of rotatable bonds is 4. The highest BCUT2D eigenvalue weighted by Crippen LogP contribution is 2.15. The third-order valence-electron chi connectivity index (χ3n) is 2.24. The SMILES string of the molecule is NC(=O)c1cc(N)cnc1NCc1cccnn1. The van der Waals surface area contributed by atoms with E-state index in [4.69, 9.17) is 11.5 Å². The van der Waals surface area contributed by atoms with Crippen molar-refractivity contribution in [1.29, 1.82) is 0 Å². The van der Waals surface area contributed by atoms with Gasteiger partial charge >= 0.3 is 0 Å². The van der Waals surface area contributed by atoms with Gasteiger partial charge in [-0.15, -0.1) is 0 Å². The standard InChI is InChI=1S/C11H12N6O/c12-7-4-9(10(13)18)11(14-5-7)15-6-8-2-1-3-16-17-8/h1-5H,6,12H2,(H2,13,18)(H,14,15). The summed E-state index contributed by atoms with van der Waals surface area (Å²) in [6, 6.07) is 5.06. The first-order valence-electron chi connectivity index (χ1n) is 5.22. The van der Waals surface area contributed by atoms with Crippen molar-refractivity contribution in [3.63, 3.8) is 0 Å². The van der Waals surface area contributed by atoms with E-state index in [1.807, 2.05) is 0 Å². The maximum absolute atomic E-state index is 11.2. The molecule has 2 rings (SSSR count). The van der Waals surface area contributed by atoms with Gasteiger partial charge in [-0.05, 0) is 18.2 Å². The first-order valence-corrected chi connectivity index (χ1v) is 5.22. The van der Waals surface area contributed by atoms with E-state index in [1.165, 1.54) is 12.3 Å². The van der Waals surface area contributed by atoms with Gasteiger partial charge in [0.15, 0.2) is 0 Å². The Hall–Kier alpha value is -2.70. The summed E-state index contributed by atoms with van der Waals surface area (Å²) < 4.78 is 0. The van der Waals surface area contributed by atoms with Crippen LogP contribution in [0.15, 0.2) is 30.6 Å². The van der Waals surface area contributed by atoms with Crippen molar-refractivity contribution in [2.75, 3.05) is 11.1 Å². The molecule has 0 bridgehead atoms. The number of carbonyl (C=O) groups is 1. The third-order valence-corrected chi connectivity index (χ3v) is 2.24. The first kappa shape index (κ1) is 11.8. The van der Waals surface area contributed by atoms with Crippen molar-refractivity contribution in [2.45, 2.75) is 6.54 Å². The van der Waals surface area contributed by atoms with Gasteiger partial charge < -0.3 is 16.8 Å².